The molecule has 4 aliphatic rings. The van der Waals surface area contributed by atoms with Gasteiger partial charge < -0.3 is 26.2 Å². The van der Waals surface area contributed by atoms with Gasteiger partial charge in [-0.15, -0.1) is 0 Å². The zero-order valence-corrected chi connectivity index (χ0v) is 20.9. The summed E-state index contributed by atoms with van der Waals surface area (Å²) >= 11 is 0. The molecule has 0 spiro atoms. The fourth-order valence-corrected chi connectivity index (χ4v) is 5.57. The molecule has 2 amide bonds. The lowest BCUT2D eigenvalue weighted by atomic mass is 9.79. The molecule has 2 aliphatic carbocycles. The molecule has 7 heteroatoms. The molecule has 4 rings (SSSR count). The first-order valence-electron chi connectivity index (χ1n) is 13.0. The van der Waals surface area contributed by atoms with Gasteiger partial charge >= 0.3 is 0 Å². The average molecular weight is 476 g/mol. The SMILES string of the molecule is C.CN.CNC(C)C(=O)NC(C(=O)N1CCC2CCN(CCC3=CCCC=C3)CC21)C1CCC1. The van der Waals surface area contributed by atoms with E-state index in [1.165, 1.54) is 31.9 Å². The lowest BCUT2D eigenvalue weighted by molar-refractivity contribution is -0.141. The molecule has 4 atom stereocenters. The van der Waals surface area contributed by atoms with Gasteiger partial charge in [0.1, 0.15) is 6.04 Å². The third-order valence-corrected chi connectivity index (χ3v) is 8.03. The molecule has 2 aliphatic heterocycles. The summed E-state index contributed by atoms with van der Waals surface area (Å²) in [6.07, 6.45) is 15.9. The number of carbonyl (C=O) groups is 2. The van der Waals surface area contributed by atoms with Crippen molar-refractivity contribution in [1.82, 2.24) is 20.4 Å². The number of piperidine rings is 1. The lowest BCUT2D eigenvalue weighted by Gasteiger charge is -2.41. The normalized spacial score (nSPS) is 26.1. The minimum absolute atomic E-state index is 0. The van der Waals surface area contributed by atoms with Crippen molar-refractivity contribution in [2.24, 2.45) is 17.6 Å². The Morgan fingerprint density at radius 3 is 2.50 bits per heavy atom. The van der Waals surface area contributed by atoms with Gasteiger partial charge in [0.2, 0.25) is 11.8 Å². The van der Waals surface area contributed by atoms with Crippen molar-refractivity contribution in [2.75, 3.05) is 40.3 Å². The van der Waals surface area contributed by atoms with E-state index in [0.29, 0.717) is 17.9 Å². The molecule has 4 N–H and O–H groups in total. The maximum atomic E-state index is 13.6. The molecule has 4 unspecified atom stereocenters. The Hall–Kier alpha value is -1.70. The Morgan fingerprint density at radius 1 is 1.15 bits per heavy atom. The topological polar surface area (TPSA) is 90.7 Å². The van der Waals surface area contributed by atoms with Gasteiger partial charge in [-0.2, -0.15) is 0 Å². The number of nitrogens with one attached hydrogen (secondary N) is 2. The van der Waals surface area contributed by atoms with E-state index in [1.807, 2.05) is 6.92 Å². The second kappa shape index (κ2) is 14.0. The largest absolute Gasteiger partial charge is 0.343 e. The average Bonchev–Trinajstić information content (AvgIpc) is 3.25. The van der Waals surface area contributed by atoms with Gasteiger partial charge in [0.25, 0.3) is 0 Å². The molecule has 2 saturated heterocycles. The molecule has 3 fully saturated rings. The number of likely N-dealkylation sites (N-methyl/N-ethyl adjacent to an activating group) is 1. The van der Waals surface area contributed by atoms with Crippen LogP contribution in [0.15, 0.2) is 23.8 Å². The van der Waals surface area contributed by atoms with Crippen LogP contribution in [-0.4, -0.2) is 80.0 Å². The highest BCUT2D eigenvalue weighted by Gasteiger charge is 2.45. The number of amides is 2. The van der Waals surface area contributed by atoms with Gasteiger partial charge in [0.05, 0.1) is 6.04 Å². The Kier molecular flexibility index (Phi) is 11.8. The zero-order chi connectivity index (χ0) is 23.8. The summed E-state index contributed by atoms with van der Waals surface area (Å²) in [5.74, 6) is 1.00. The molecular weight excluding hydrogens is 426 g/mol. The number of likely N-dealkylation sites (tertiary alicyclic amines) is 2. The second-order valence-electron chi connectivity index (χ2n) is 9.93. The van der Waals surface area contributed by atoms with Crippen LogP contribution in [0.25, 0.3) is 0 Å². The summed E-state index contributed by atoms with van der Waals surface area (Å²) in [7, 11) is 3.28. The Morgan fingerprint density at radius 2 is 1.88 bits per heavy atom. The zero-order valence-electron chi connectivity index (χ0n) is 20.9. The van der Waals surface area contributed by atoms with Crippen molar-refractivity contribution in [1.29, 1.82) is 0 Å². The van der Waals surface area contributed by atoms with Crippen molar-refractivity contribution >= 4 is 11.8 Å². The standard InChI is InChI=1S/C25H40N4O2.CH5N.CH4/c1-18(26-2)24(30)27-23(21-9-6-10-21)25(31)29-16-13-20-12-15-28(17-22(20)29)14-11-19-7-4-3-5-8-19;1-2;/h4,7-8,18,20-23,26H,3,5-6,9-17H2,1-2H3,(H,27,30);2H2,1H3;1H4. The van der Waals surface area contributed by atoms with Crippen LogP contribution in [0.5, 0.6) is 0 Å². The number of fused-ring (bicyclic) bond motifs is 1. The van der Waals surface area contributed by atoms with Gasteiger partial charge in [-0.1, -0.05) is 37.6 Å². The van der Waals surface area contributed by atoms with Crippen LogP contribution in [-0.2, 0) is 9.59 Å². The molecular formula is C27H49N5O2. The predicted octanol–water partition coefficient (Wildman–Crippen LogP) is 2.68. The number of nitrogens with two attached hydrogens (primary N) is 1. The van der Waals surface area contributed by atoms with E-state index in [-0.39, 0.29) is 31.3 Å². The van der Waals surface area contributed by atoms with Gasteiger partial charge in [0.15, 0.2) is 0 Å². The summed E-state index contributed by atoms with van der Waals surface area (Å²) in [4.78, 5) is 30.9. The van der Waals surface area contributed by atoms with Crippen LogP contribution in [0.2, 0.25) is 0 Å². The van der Waals surface area contributed by atoms with E-state index in [4.69, 9.17) is 0 Å². The van der Waals surface area contributed by atoms with Crippen LogP contribution >= 0.6 is 0 Å². The molecule has 0 aromatic heterocycles. The fourth-order valence-electron chi connectivity index (χ4n) is 5.57. The number of allylic oxidation sites excluding steroid dienone is 3. The fraction of sp³-hybridized carbons (Fsp3) is 0.778. The van der Waals surface area contributed by atoms with Crippen LogP contribution in [0.4, 0.5) is 0 Å². The van der Waals surface area contributed by atoms with Gasteiger partial charge in [-0.25, -0.2) is 0 Å². The summed E-state index contributed by atoms with van der Waals surface area (Å²) < 4.78 is 0. The minimum atomic E-state index is -0.358. The first kappa shape index (κ1) is 28.5. The molecule has 7 nitrogen and oxygen atoms in total. The monoisotopic (exact) mass is 475 g/mol. The predicted molar refractivity (Wildman–Crippen MR) is 140 cm³/mol. The maximum Gasteiger partial charge on any atom is 0.245 e. The summed E-state index contributed by atoms with van der Waals surface area (Å²) in [6, 6.07) is -0.336. The van der Waals surface area contributed by atoms with Crippen LogP contribution in [0.1, 0.15) is 65.7 Å². The van der Waals surface area contributed by atoms with Gasteiger partial charge in [-0.05, 0) is 84.3 Å². The number of hydrogen-bond donors (Lipinski definition) is 3. The van der Waals surface area contributed by atoms with E-state index in [9.17, 15) is 9.59 Å². The molecule has 0 radical (unpaired) electrons. The van der Waals surface area contributed by atoms with Crippen molar-refractivity contribution in [2.45, 2.75) is 83.8 Å². The second-order valence-corrected chi connectivity index (χ2v) is 9.93. The minimum Gasteiger partial charge on any atom is -0.343 e. The van der Waals surface area contributed by atoms with Gasteiger partial charge in [-0.3, -0.25) is 9.59 Å². The Balaban J connectivity index is 0.00000133. The van der Waals surface area contributed by atoms with Crippen molar-refractivity contribution in [3.8, 4) is 0 Å². The maximum absolute atomic E-state index is 13.6. The summed E-state index contributed by atoms with van der Waals surface area (Å²) in [6.45, 7) is 5.88. The highest BCUT2D eigenvalue weighted by molar-refractivity contribution is 5.90. The van der Waals surface area contributed by atoms with E-state index >= 15 is 0 Å². The van der Waals surface area contributed by atoms with Crippen LogP contribution in [0.3, 0.4) is 0 Å². The molecule has 0 aromatic rings. The number of carbonyl (C=O) groups excluding carboxylic acids is 2. The summed E-state index contributed by atoms with van der Waals surface area (Å²) in [5.41, 5.74) is 5.96. The molecule has 0 aromatic carbocycles. The van der Waals surface area contributed by atoms with Crippen LogP contribution < -0.4 is 16.4 Å². The first-order valence-corrected chi connectivity index (χ1v) is 13.0. The first-order chi connectivity index (χ1) is 16.1. The van der Waals surface area contributed by atoms with Crippen LogP contribution in [0, 0.1) is 11.8 Å². The van der Waals surface area contributed by atoms with E-state index in [0.717, 1.165) is 58.3 Å². The molecule has 0 bridgehead atoms. The molecule has 1 saturated carbocycles. The van der Waals surface area contributed by atoms with Crippen molar-refractivity contribution in [3.63, 3.8) is 0 Å². The highest BCUT2D eigenvalue weighted by atomic mass is 16.2. The lowest BCUT2D eigenvalue weighted by Crippen LogP contribution is -2.59. The molecule has 34 heavy (non-hydrogen) atoms. The quantitative estimate of drug-likeness (QED) is 0.502. The molecule has 2 heterocycles. The third kappa shape index (κ3) is 6.92. The highest BCUT2D eigenvalue weighted by Crippen LogP contribution is 2.35. The Labute approximate surface area is 207 Å². The van der Waals surface area contributed by atoms with Crippen molar-refractivity contribution in [3.05, 3.63) is 23.8 Å². The molecule has 194 valence electrons. The van der Waals surface area contributed by atoms with Gasteiger partial charge in [0, 0.05) is 25.7 Å². The number of nitrogens with zero attached hydrogens (tertiary/aromatic N) is 2. The summed E-state index contributed by atoms with van der Waals surface area (Å²) in [5, 5.41) is 6.09. The number of hydrogen-bond acceptors (Lipinski definition) is 5. The smallest absolute Gasteiger partial charge is 0.245 e. The van der Waals surface area contributed by atoms with Crippen molar-refractivity contribution < 1.29 is 9.59 Å². The third-order valence-electron chi connectivity index (χ3n) is 8.03. The number of rotatable bonds is 8. The van der Waals surface area contributed by atoms with E-state index in [1.54, 1.807) is 7.05 Å². The Bertz CT molecular complexity index is 718. The van der Waals surface area contributed by atoms with E-state index in [2.05, 4.69) is 44.4 Å². The van der Waals surface area contributed by atoms with E-state index < -0.39 is 0 Å².